The van der Waals surface area contributed by atoms with Gasteiger partial charge in [0, 0.05) is 24.1 Å². The van der Waals surface area contributed by atoms with Crippen LogP contribution in [0, 0.1) is 5.82 Å². The second kappa shape index (κ2) is 7.54. The largest absolute Gasteiger partial charge is 0.365 e. The zero-order chi connectivity index (χ0) is 21.5. The van der Waals surface area contributed by atoms with Gasteiger partial charge >= 0.3 is 6.03 Å². The van der Waals surface area contributed by atoms with E-state index in [-0.39, 0.29) is 24.2 Å². The first kappa shape index (κ1) is 19.3. The first-order valence-electron chi connectivity index (χ1n) is 10.3. The van der Waals surface area contributed by atoms with Gasteiger partial charge in [-0.05, 0) is 24.1 Å². The fourth-order valence-electron chi connectivity index (χ4n) is 4.26. The monoisotopic (exact) mass is 419 g/mol. The summed E-state index contributed by atoms with van der Waals surface area (Å²) in [6.45, 7) is 1.12. The van der Waals surface area contributed by atoms with Gasteiger partial charge in [-0.2, -0.15) is 5.10 Å². The summed E-state index contributed by atoms with van der Waals surface area (Å²) in [5.74, 6) is -0.729. The first-order valence-corrected chi connectivity index (χ1v) is 10.3. The summed E-state index contributed by atoms with van der Waals surface area (Å²) in [6.07, 6.45) is 0.914. The summed E-state index contributed by atoms with van der Waals surface area (Å²) >= 11 is 0. The van der Waals surface area contributed by atoms with Gasteiger partial charge in [-0.3, -0.25) is 9.48 Å². The van der Waals surface area contributed by atoms with Gasteiger partial charge in [-0.15, -0.1) is 0 Å². The molecule has 0 saturated heterocycles. The lowest BCUT2D eigenvalue weighted by Crippen LogP contribution is -2.45. The van der Waals surface area contributed by atoms with E-state index < -0.39 is 11.7 Å². The highest BCUT2D eigenvalue weighted by Crippen LogP contribution is 2.40. The molecule has 2 aliphatic rings. The molecule has 0 bridgehead atoms. The summed E-state index contributed by atoms with van der Waals surface area (Å²) in [5.41, 5.74) is 8.50. The van der Waals surface area contributed by atoms with Gasteiger partial charge in [-0.1, -0.05) is 42.5 Å². The number of aromatic nitrogens is 2. The minimum absolute atomic E-state index is 0.111. The summed E-state index contributed by atoms with van der Waals surface area (Å²) < 4.78 is 15.4. The molecule has 5 rings (SSSR count). The number of carbonyl (C=O) groups is 2. The highest BCUT2D eigenvalue weighted by atomic mass is 19.1. The van der Waals surface area contributed by atoms with Crippen molar-refractivity contribution in [1.29, 1.82) is 0 Å². The summed E-state index contributed by atoms with van der Waals surface area (Å²) in [4.78, 5) is 26.8. The number of carbonyl (C=O) groups excluding carboxylic acids is 2. The average molecular weight is 419 g/mol. The van der Waals surface area contributed by atoms with Crippen LogP contribution in [-0.4, -0.2) is 39.2 Å². The van der Waals surface area contributed by atoms with Crippen LogP contribution in [0.2, 0.25) is 0 Å². The van der Waals surface area contributed by atoms with Gasteiger partial charge in [-0.25, -0.2) is 9.18 Å². The van der Waals surface area contributed by atoms with Gasteiger partial charge in [0.05, 0.1) is 24.3 Å². The zero-order valence-electron chi connectivity index (χ0n) is 16.8. The first-order chi connectivity index (χ1) is 15.0. The van der Waals surface area contributed by atoms with Gasteiger partial charge in [0.15, 0.2) is 0 Å². The summed E-state index contributed by atoms with van der Waals surface area (Å²) in [7, 11) is 0. The maximum atomic E-state index is 13.7. The van der Waals surface area contributed by atoms with E-state index in [4.69, 9.17) is 5.73 Å². The number of nitrogens with one attached hydrogen (secondary N) is 1. The SMILES string of the molecule is NC(=O)c1c(-c2cccc(F)c2)nn2c1CN(C(=O)N[C@@H]1C[C@H]1c1ccccc1)CC2. The van der Waals surface area contributed by atoms with Gasteiger partial charge in [0.1, 0.15) is 11.5 Å². The Morgan fingerprint density at radius 2 is 1.90 bits per heavy atom. The Bertz CT molecular complexity index is 1160. The Labute approximate surface area is 178 Å². The number of rotatable bonds is 4. The molecular formula is C23H22FN5O2. The topological polar surface area (TPSA) is 93.2 Å². The van der Waals surface area contributed by atoms with Gasteiger partial charge in [0.25, 0.3) is 5.91 Å². The lowest BCUT2D eigenvalue weighted by Gasteiger charge is -2.28. The van der Waals surface area contributed by atoms with Crippen molar-refractivity contribution in [3.05, 3.63) is 77.2 Å². The van der Waals surface area contributed by atoms with Crippen molar-refractivity contribution < 1.29 is 14.0 Å². The van der Waals surface area contributed by atoms with Crippen LogP contribution in [0.4, 0.5) is 9.18 Å². The predicted octanol–water partition coefficient (Wildman–Crippen LogP) is 2.87. The highest BCUT2D eigenvalue weighted by Gasteiger charge is 2.40. The Balaban J connectivity index is 1.34. The Hall–Kier alpha value is -3.68. The standard InChI is InChI=1S/C23H22FN5O2/c24-16-8-4-7-15(11-16)21-20(22(25)30)19-13-28(9-10-29(19)27-21)23(31)26-18-12-17(18)14-5-2-1-3-6-14/h1-8,11,17-18H,9-10,12-13H2,(H2,25,30)(H,26,31)/t17-,18+/m0/s1. The van der Waals surface area contributed by atoms with Crippen LogP contribution in [0.5, 0.6) is 0 Å². The van der Waals surface area contributed by atoms with Crippen LogP contribution in [0.3, 0.4) is 0 Å². The molecule has 1 aliphatic carbocycles. The number of urea groups is 1. The molecule has 31 heavy (non-hydrogen) atoms. The number of hydrogen-bond acceptors (Lipinski definition) is 3. The Morgan fingerprint density at radius 1 is 1.10 bits per heavy atom. The van der Waals surface area contributed by atoms with Crippen LogP contribution < -0.4 is 11.1 Å². The van der Waals surface area contributed by atoms with Gasteiger partial charge < -0.3 is 16.0 Å². The third-order valence-corrected chi connectivity index (χ3v) is 5.94. The number of nitrogens with two attached hydrogens (primary N) is 1. The molecule has 1 saturated carbocycles. The molecule has 8 heteroatoms. The van der Waals surface area contributed by atoms with E-state index in [0.717, 1.165) is 6.42 Å². The molecule has 1 fully saturated rings. The van der Waals surface area contributed by atoms with Crippen molar-refractivity contribution >= 4 is 11.9 Å². The molecule has 158 valence electrons. The average Bonchev–Trinajstić information content (AvgIpc) is 3.42. The van der Waals surface area contributed by atoms with Crippen molar-refractivity contribution in [2.45, 2.75) is 31.5 Å². The maximum absolute atomic E-state index is 13.7. The van der Waals surface area contributed by atoms with Crippen LogP contribution in [-0.2, 0) is 13.1 Å². The van der Waals surface area contributed by atoms with E-state index in [1.165, 1.54) is 17.7 Å². The summed E-state index contributed by atoms with van der Waals surface area (Å²) in [5, 5.41) is 7.58. The molecular weight excluding hydrogens is 397 g/mol. The number of nitrogens with zero attached hydrogens (tertiary/aromatic N) is 3. The van der Waals surface area contributed by atoms with E-state index in [9.17, 15) is 14.0 Å². The molecule has 3 aromatic rings. The number of fused-ring (bicyclic) bond motifs is 1. The zero-order valence-corrected chi connectivity index (χ0v) is 16.8. The van der Waals surface area contributed by atoms with Crippen LogP contribution in [0.15, 0.2) is 54.6 Å². The van der Waals surface area contributed by atoms with Crippen molar-refractivity contribution in [3.8, 4) is 11.3 Å². The number of halogens is 1. The minimum atomic E-state index is -0.644. The second-order valence-electron chi connectivity index (χ2n) is 8.00. The molecule has 1 aliphatic heterocycles. The Kier molecular flexibility index (Phi) is 4.69. The van der Waals surface area contributed by atoms with Crippen molar-refractivity contribution in [2.75, 3.05) is 6.54 Å². The van der Waals surface area contributed by atoms with E-state index in [2.05, 4.69) is 22.5 Å². The summed E-state index contributed by atoms with van der Waals surface area (Å²) in [6, 6.07) is 16.0. The molecule has 7 nitrogen and oxygen atoms in total. The smallest absolute Gasteiger partial charge is 0.318 e. The molecule has 3 amide bonds. The quantitative estimate of drug-likeness (QED) is 0.681. The van der Waals surface area contributed by atoms with E-state index in [1.807, 2.05) is 18.2 Å². The van der Waals surface area contributed by atoms with E-state index >= 15 is 0 Å². The van der Waals surface area contributed by atoms with E-state index in [0.29, 0.717) is 36.0 Å². The number of benzene rings is 2. The Morgan fingerprint density at radius 3 is 2.65 bits per heavy atom. The van der Waals surface area contributed by atoms with Gasteiger partial charge in [0.2, 0.25) is 0 Å². The minimum Gasteiger partial charge on any atom is -0.365 e. The molecule has 0 radical (unpaired) electrons. The van der Waals surface area contributed by atoms with Crippen LogP contribution in [0.25, 0.3) is 11.3 Å². The van der Waals surface area contributed by atoms with Crippen molar-refractivity contribution in [2.24, 2.45) is 5.73 Å². The van der Waals surface area contributed by atoms with E-state index in [1.54, 1.807) is 21.7 Å². The predicted molar refractivity (Wildman–Crippen MR) is 113 cm³/mol. The highest BCUT2D eigenvalue weighted by molar-refractivity contribution is 6.00. The molecule has 0 spiro atoms. The van der Waals surface area contributed by atoms with Crippen molar-refractivity contribution in [3.63, 3.8) is 0 Å². The number of amides is 3. The third kappa shape index (κ3) is 3.65. The number of hydrogen-bond donors (Lipinski definition) is 2. The molecule has 2 aromatic carbocycles. The molecule has 3 N–H and O–H groups in total. The van der Waals surface area contributed by atoms with Crippen molar-refractivity contribution in [1.82, 2.24) is 20.0 Å². The lowest BCUT2D eigenvalue weighted by atomic mass is 10.0. The molecule has 2 heterocycles. The molecule has 1 aromatic heterocycles. The third-order valence-electron chi connectivity index (χ3n) is 5.94. The number of primary amides is 1. The fourth-order valence-corrected chi connectivity index (χ4v) is 4.26. The molecule has 2 atom stereocenters. The lowest BCUT2D eigenvalue weighted by molar-refractivity contribution is 0.0997. The normalized spacial score (nSPS) is 19.6. The van der Waals surface area contributed by atoms with Crippen LogP contribution in [0.1, 0.15) is 34.0 Å². The maximum Gasteiger partial charge on any atom is 0.318 e. The second-order valence-corrected chi connectivity index (χ2v) is 8.00. The molecule has 0 unspecified atom stereocenters. The van der Waals surface area contributed by atoms with Crippen LogP contribution >= 0.6 is 0 Å². The fraction of sp³-hybridized carbons (Fsp3) is 0.261.